The monoisotopic (exact) mass is 408 g/mol. The fourth-order valence-corrected chi connectivity index (χ4v) is 2.69. The van der Waals surface area contributed by atoms with E-state index >= 15 is 0 Å². The van der Waals surface area contributed by atoms with Gasteiger partial charge in [0.05, 0.1) is 23.9 Å². The van der Waals surface area contributed by atoms with Crippen molar-refractivity contribution in [2.75, 3.05) is 12.8 Å². The summed E-state index contributed by atoms with van der Waals surface area (Å²) in [5.74, 6) is -0.962. The van der Waals surface area contributed by atoms with Gasteiger partial charge < -0.3 is 15.2 Å². The Hall–Kier alpha value is -3.64. The Morgan fingerprint density at radius 1 is 0.966 bits per heavy atom. The van der Waals surface area contributed by atoms with Crippen molar-refractivity contribution in [1.29, 1.82) is 0 Å². The van der Waals surface area contributed by atoms with E-state index in [1.54, 1.807) is 43.7 Å². The lowest BCUT2D eigenvalue weighted by molar-refractivity contribution is 0.0399. The maximum atomic E-state index is 12.5. The predicted octanol–water partition coefficient (Wildman–Crippen LogP) is 4.68. The summed E-state index contributed by atoms with van der Waals surface area (Å²) in [6.45, 7) is 0. The molecule has 0 saturated heterocycles. The molecule has 3 aromatic carbocycles. The van der Waals surface area contributed by atoms with Crippen LogP contribution in [-0.4, -0.2) is 25.3 Å². The quantitative estimate of drug-likeness (QED) is 0.286. The zero-order valence-electron chi connectivity index (χ0n) is 15.5. The minimum absolute atomic E-state index is 0.0574. The van der Waals surface area contributed by atoms with Crippen LogP contribution < -0.4 is 10.5 Å². The molecule has 0 aromatic heterocycles. The van der Waals surface area contributed by atoms with Gasteiger partial charge in [-0.05, 0) is 60.2 Å². The van der Waals surface area contributed by atoms with Crippen LogP contribution in [0.15, 0.2) is 71.7 Å². The van der Waals surface area contributed by atoms with Crippen LogP contribution in [0.2, 0.25) is 5.02 Å². The number of hydrogen-bond acceptors (Lipinski definition) is 6. The van der Waals surface area contributed by atoms with Gasteiger partial charge in [-0.1, -0.05) is 23.7 Å². The van der Waals surface area contributed by atoms with Crippen molar-refractivity contribution in [3.63, 3.8) is 0 Å². The average Bonchev–Trinajstić information content (AvgIpc) is 2.72. The number of para-hydroxylation sites is 1. The molecule has 7 heteroatoms. The SMILES string of the molecule is COc1ccc(C=Nc2ccccc2C(=O)OC(=O)c2ccc(Cl)cc2N)cc1. The van der Waals surface area contributed by atoms with Crippen molar-refractivity contribution >= 4 is 41.1 Å². The lowest BCUT2D eigenvalue weighted by atomic mass is 10.1. The van der Waals surface area contributed by atoms with Crippen LogP contribution >= 0.6 is 11.6 Å². The molecule has 0 aliphatic heterocycles. The first-order valence-corrected chi connectivity index (χ1v) is 8.94. The van der Waals surface area contributed by atoms with Gasteiger partial charge >= 0.3 is 11.9 Å². The fraction of sp³-hybridized carbons (Fsp3) is 0.0455. The van der Waals surface area contributed by atoms with Gasteiger partial charge in [-0.3, -0.25) is 4.99 Å². The van der Waals surface area contributed by atoms with Gasteiger partial charge in [0.2, 0.25) is 0 Å². The van der Waals surface area contributed by atoms with E-state index in [2.05, 4.69) is 4.99 Å². The number of nitrogens with two attached hydrogens (primary N) is 1. The minimum atomic E-state index is -0.863. The summed E-state index contributed by atoms with van der Waals surface area (Å²) in [6.07, 6.45) is 1.60. The molecule has 0 bridgehead atoms. The largest absolute Gasteiger partial charge is 0.497 e. The average molecular weight is 409 g/mol. The van der Waals surface area contributed by atoms with E-state index in [1.807, 2.05) is 12.1 Å². The predicted molar refractivity (Wildman–Crippen MR) is 112 cm³/mol. The molecule has 146 valence electrons. The highest BCUT2D eigenvalue weighted by Crippen LogP contribution is 2.23. The molecule has 2 N–H and O–H groups in total. The van der Waals surface area contributed by atoms with Gasteiger partial charge in [-0.15, -0.1) is 0 Å². The van der Waals surface area contributed by atoms with E-state index in [4.69, 9.17) is 26.8 Å². The van der Waals surface area contributed by atoms with Crippen LogP contribution in [0.1, 0.15) is 26.3 Å². The van der Waals surface area contributed by atoms with Crippen molar-refractivity contribution in [2.45, 2.75) is 0 Å². The number of nitrogen functional groups attached to an aromatic ring is 1. The number of methoxy groups -OCH3 is 1. The summed E-state index contributed by atoms with van der Waals surface area (Å²) in [5, 5.41) is 0.378. The van der Waals surface area contributed by atoms with Crippen molar-refractivity contribution in [2.24, 2.45) is 4.99 Å². The second kappa shape index (κ2) is 9.03. The normalized spacial score (nSPS) is 10.7. The zero-order valence-corrected chi connectivity index (χ0v) is 16.2. The van der Waals surface area contributed by atoms with E-state index in [1.165, 1.54) is 24.3 Å². The third kappa shape index (κ3) is 5.00. The number of aliphatic imine (C=N–C) groups is 1. The van der Waals surface area contributed by atoms with Crippen LogP contribution in [0.4, 0.5) is 11.4 Å². The standard InChI is InChI=1S/C22H17ClN2O4/c1-28-16-9-6-14(7-10-16)13-25-20-5-3-2-4-18(20)22(27)29-21(26)17-11-8-15(23)12-19(17)24/h2-13H,24H2,1H3. The van der Waals surface area contributed by atoms with E-state index in [-0.39, 0.29) is 16.8 Å². The molecule has 0 radical (unpaired) electrons. The molecule has 3 aromatic rings. The van der Waals surface area contributed by atoms with Crippen LogP contribution in [0.5, 0.6) is 5.75 Å². The zero-order chi connectivity index (χ0) is 20.8. The lowest BCUT2D eigenvalue weighted by Gasteiger charge is -2.07. The van der Waals surface area contributed by atoms with E-state index < -0.39 is 11.9 Å². The van der Waals surface area contributed by atoms with Crippen LogP contribution in [0, 0.1) is 0 Å². The van der Waals surface area contributed by atoms with Gasteiger partial charge in [0.15, 0.2) is 0 Å². The first-order valence-electron chi connectivity index (χ1n) is 8.56. The maximum Gasteiger partial charge on any atom is 0.348 e. The summed E-state index contributed by atoms with van der Waals surface area (Å²) in [7, 11) is 1.59. The number of rotatable bonds is 5. The van der Waals surface area contributed by atoms with E-state index in [9.17, 15) is 9.59 Å². The third-order valence-corrected chi connectivity index (χ3v) is 4.25. The number of hydrogen-bond donors (Lipinski definition) is 1. The molecule has 29 heavy (non-hydrogen) atoms. The van der Waals surface area contributed by atoms with Gasteiger partial charge in [-0.2, -0.15) is 0 Å². The molecule has 0 atom stereocenters. The molecule has 0 fully saturated rings. The molecule has 0 spiro atoms. The number of carbonyl (C=O) groups excluding carboxylic acids is 2. The molecular formula is C22H17ClN2O4. The van der Waals surface area contributed by atoms with Gasteiger partial charge in [-0.25, -0.2) is 9.59 Å². The Labute approximate surface area is 172 Å². The topological polar surface area (TPSA) is 91.0 Å². The highest BCUT2D eigenvalue weighted by Gasteiger charge is 2.19. The van der Waals surface area contributed by atoms with Crippen molar-refractivity contribution in [1.82, 2.24) is 0 Å². The summed E-state index contributed by atoms with van der Waals surface area (Å²) in [6, 6.07) is 18.1. The summed E-state index contributed by atoms with van der Waals surface area (Å²) < 4.78 is 10.1. The number of halogens is 1. The Morgan fingerprint density at radius 3 is 2.34 bits per heavy atom. The number of carbonyl (C=O) groups is 2. The lowest BCUT2D eigenvalue weighted by Crippen LogP contribution is -2.14. The number of ether oxygens (including phenoxy) is 2. The Balaban J connectivity index is 1.79. The molecule has 0 saturated carbocycles. The first kappa shape index (κ1) is 20.1. The molecule has 0 heterocycles. The first-order chi connectivity index (χ1) is 14.0. The van der Waals surface area contributed by atoms with Crippen LogP contribution in [0.25, 0.3) is 0 Å². The Bertz CT molecular complexity index is 1080. The van der Waals surface area contributed by atoms with E-state index in [0.29, 0.717) is 10.7 Å². The smallest absolute Gasteiger partial charge is 0.348 e. The van der Waals surface area contributed by atoms with Gasteiger partial charge in [0, 0.05) is 16.9 Å². The summed E-state index contributed by atoms with van der Waals surface area (Å²) in [5.41, 5.74) is 7.29. The second-order valence-electron chi connectivity index (χ2n) is 5.96. The van der Waals surface area contributed by atoms with Crippen molar-refractivity contribution < 1.29 is 19.1 Å². The second-order valence-corrected chi connectivity index (χ2v) is 6.39. The number of anilines is 1. The number of esters is 2. The summed E-state index contributed by atoms with van der Waals surface area (Å²) in [4.78, 5) is 29.2. The highest BCUT2D eigenvalue weighted by atomic mass is 35.5. The Kier molecular flexibility index (Phi) is 6.26. The highest BCUT2D eigenvalue weighted by molar-refractivity contribution is 6.31. The van der Waals surface area contributed by atoms with Crippen LogP contribution in [0.3, 0.4) is 0 Å². The molecule has 6 nitrogen and oxygen atoms in total. The molecular weight excluding hydrogens is 392 g/mol. The third-order valence-electron chi connectivity index (χ3n) is 4.01. The molecule has 0 unspecified atom stereocenters. The summed E-state index contributed by atoms with van der Waals surface area (Å²) >= 11 is 5.82. The van der Waals surface area contributed by atoms with E-state index in [0.717, 1.165) is 11.3 Å². The maximum absolute atomic E-state index is 12.5. The molecule has 0 amide bonds. The van der Waals surface area contributed by atoms with Gasteiger partial charge in [0.25, 0.3) is 0 Å². The van der Waals surface area contributed by atoms with Crippen LogP contribution in [-0.2, 0) is 4.74 Å². The molecule has 3 rings (SSSR count). The number of benzene rings is 3. The minimum Gasteiger partial charge on any atom is -0.497 e. The Morgan fingerprint density at radius 2 is 1.66 bits per heavy atom. The molecule has 0 aliphatic carbocycles. The van der Waals surface area contributed by atoms with Gasteiger partial charge in [0.1, 0.15) is 5.75 Å². The fourth-order valence-electron chi connectivity index (χ4n) is 2.51. The van der Waals surface area contributed by atoms with Crippen molar-refractivity contribution in [3.8, 4) is 5.75 Å². The van der Waals surface area contributed by atoms with Crippen molar-refractivity contribution in [3.05, 3.63) is 88.4 Å². The number of nitrogens with zero attached hydrogens (tertiary/aromatic N) is 1. The molecule has 0 aliphatic rings.